The largest absolute Gasteiger partial charge is 0.356 e. The van der Waals surface area contributed by atoms with Gasteiger partial charge in [0.2, 0.25) is 5.91 Å². The van der Waals surface area contributed by atoms with E-state index in [0.717, 1.165) is 25.3 Å². The van der Waals surface area contributed by atoms with Gasteiger partial charge in [0.1, 0.15) is 0 Å². The van der Waals surface area contributed by atoms with Gasteiger partial charge < -0.3 is 11.1 Å². The van der Waals surface area contributed by atoms with E-state index in [2.05, 4.69) is 5.32 Å². The van der Waals surface area contributed by atoms with E-state index in [9.17, 15) is 4.79 Å². The van der Waals surface area contributed by atoms with Gasteiger partial charge in [-0.1, -0.05) is 19.8 Å². The van der Waals surface area contributed by atoms with Crippen LogP contribution in [0.5, 0.6) is 0 Å². The van der Waals surface area contributed by atoms with Crippen LogP contribution in [0.15, 0.2) is 0 Å². The molecule has 3 heteroatoms. The van der Waals surface area contributed by atoms with Gasteiger partial charge in [0.05, 0.1) is 0 Å². The second-order valence-corrected chi connectivity index (χ2v) is 4.00. The van der Waals surface area contributed by atoms with E-state index in [1.807, 2.05) is 6.92 Å². The zero-order valence-electron chi connectivity index (χ0n) is 8.38. The summed E-state index contributed by atoms with van der Waals surface area (Å²) in [7, 11) is 0. The lowest BCUT2D eigenvalue weighted by atomic mass is 10.1. The highest BCUT2D eigenvalue weighted by molar-refractivity contribution is 5.78. The molecule has 1 saturated carbocycles. The minimum atomic E-state index is 0.0733. The first-order valence-corrected chi connectivity index (χ1v) is 5.21. The van der Waals surface area contributed by atoms with Crippen LogP contribution in [-0.2, 0) is 4.79 Å². The quantitative estimate of drug-likeness (QED) is 0.644. The van der Waals surface area contributed by atoms with Crippen LogP contribution in [0.4, 0.5) is 0 Å². The Kier molecular flexibility index (Phi) is 4.22. The van der Waals surface area contributed by atoms with Gasteiger partial charge in [-0.3, -0.25) is 4.79 Å². The number of carbonyl (C=O) groups is 1. The average Bonchev–Trinajstić information content (AvgIpc) is 2.88. The zero-order chi connectivity index (χ0) is 9.68. The Morgan fingerprint density at radius 3 is 2.85 bits per heavy atom. The SMILES string of the molecule is CC(CCN)C(=O)NCCC1CC1. The van der Waals surface area contributed by atoms with E-state index in [1.54, 1.807) is 0 Å². The highest BCUT2D eigenvalue weighted by Gasteiger charge is 2.21. The normalized spacial score (nSPS) is 18.3. The number of rotatable bonds is 6. The molecule has 0 aliphatic heterocycles. The fraction of sp³-hybridized carbons (Fsp3) is 0.900. The van der Waals surface area contributed by atoms with Gasteiger partial charge in [0.15, 0.2) is 0 Å². The molecule has 1 aliphatic rings. The van der Waals surface area contributed by atoms with Crippen molar-refractivity contribution in [2.45, 2.75) is 32.6 Å². The molecule has 3 nitrogen and oxygen atoms in total. The third-order valence-corrected chi connectivity index (χ3v) is 2.60. The van der Waals surface area contributed by atoms with Gasteiger partial charge in [0, 0.05) is 12.5 Å². The van der Waals surface area contributed by atoms with Crippen molar-refractivity contribution in [1.29, 1.82) is 0 Å². The molecule has 0 aromatic heterocycles. The van der Waals surface area contributed by atoms with E-state index in [1.165, 1.54) is 12.8 Å². The highest BCUT2D eigenvalue weighted by atomic mass is 16.1. The molecule has 0 bridgehead atoms. The Balaban J connectivity index is 2.01. The molecule has 13 heavy (non-hydrogen) atoms. The summed E-state index contributed by atoms with van der Waals surface area (Å²) in [6.07, 6.45) is 4.65. The molecule has 3 N–H and O–H groups in total. The van der Waals surface area contributed by atoms with Crippen LogP contribution in [-0.4, -0.2) is 19.0 Å². The minimum absolute atomic E-state index is 0.0733. The molecule has 0 saturated heterocycles. The molecule has 1 rings (SSSR count). The second-order valence-electron chi connectivity index (χ2n) is 4.00. The van der Waals surface area contributed by atoms with Crippen LogP contribution >= 0.6 is 0 Å². The number of amides is 1. The Morgan fingerprint density at radius 2 is 2.31 bits per heavy atom. The van der Waals surface area contributed by atoms with Gasteiger partial charge in [-0.15, -0.1) is 0 Å². The molecule has 0 aromatic rings. The van der Waals surface area contributed by atoms with Crippen molar-refractivity contribution in [3.05, 3.63) is 0 Å². The fourth-order valence-electron chi connectivity index (χ4n) is 1.36. The highest BCUT2D eigenvalue weighted by Crippen LogP contribution is 2.31. The van der Waals surface area contributed by atoms with Gasteiger partial charge in [-0.2, -0.15) is 0 Å². The van der Waals surface area contributed by atoms with Crippen molar-refractivity contribution in [3.8, 4) is 0 Å². The lowest BCUT2D eigenvalue weighted by molar-refractivity contribution is -0.124. The molecule has 0 radical (unpaired) electrons. The van der Waals surface area contributed by atoms with Crippen LogP contribution in [0.25, 0.3) is 0 Å². The topological polar surface area (TPSA) is 55.1 Å². The molecular weight excluding hydrogens is 164 g/mol. The van der Waals surface area contributed by atoms with E-state index in [0.29, 0.717) is 6.54 Å². The van der Waals surface area contributed by atoms with Crippen molar-refractivity contribution < 1.29 is 4.79 Å². The molecule has 0 aromatic carbocycles. The molecule has 76 valence electrons. The number of hydrogen-bond acceptors (Lipinski definition) is 2. The third-order valence-electron chi connectivity index (χ3n) is 2.60. The Hall–Kier alpha value is -0.570. The average molecular weight is 184 g/mol. The molecule has 0 spiro atoms. The second kappa shape index (κ2) is 5.22. The van der Waals surface area contributed by atoms with E-state index in [-0.39, 0.29) is 11.8 Å². The van der Waals surface area contributed by atoms with Gasteiger partial charge >= 0.3 is 0 Å². The predicted octanol–water partition coefficient (Wildman–Crippen LogP) is 0.888. The lowest BCUT2D eigenvalue weighted by Gasteiger charge is -2.10. The molecule has 1 fully saturated rings. The van der Waals surface area contributed by atoms with Crippen molar-refractivity contribution in [2.24, 2.45) is 17.6 Å². The smallest absolute Gasteiger partial charge is 0.222 e. The maximum absolute atomic E-state index is 11.4. The molecule has 0 heterocycles. The summed E-state index contributed by atoms with van der Waals surface area (Å²) in [5, 5.41) is 2.94. The van der Waals surface area contributed by atoms with Gasteiger partial charge in [-0.25, -0.2) is 0 Å². The fourth-order valence-corrected chi connectivity index (χ4v) is 1.36. The summed E-state index contributed by atoms with van der Waals surface area (Å²) in [6.45, 7) is 3.37. The van der Waals surface area contributed by atoms with Gasteiger partial charge in [-0.05, 0) is 25.3 Å². The monoisotopic (exact) mass is 184 g/mol. The number of nitrogens with two attached hydrogens (primary N) is 1. The Labute approximate surface area is 80.1 Å². The van der Waals surface area contributed by atoms with Crippen molar-refractivity contribution in [3.63, 3.8) is 0 Å². The lowest BCUT2D eigenvalue weighted by Crippen LogP contribution is -2.31. The summed E-state index contributed by atoms with van der Waals surface area (Å²) < 4.78 is 0. The summed E-state index contributed by atoms with van der Waals surface area (Å²) in [5.41, 5.74) is 5.37. The van der Waals surface area contributed by atoms with Crippen LogP contribution in [0.1, 0.15) is 32.6 Å². The van der Waals surface area contributed by atoms with Crippen LogP contribution in [0.3, 0.4) is 0 Å². The van der Waals surface area contributed by atoms with Crippen molar-refractivity contribution >= 4 is 5.91 Å². The maximum Gasteiger partial charge on any atom is 0.222 e. The first-order chi connectivity index (χ1) is 6.24. The van der Waals surface area contributed by atoms with Crippen molar-refractivity contribution in [1.82, 2.24) is 5.32 Å². The molecular formula is C10H20N2O. The summed E-state index contributed by atoms with van der Waals surface area (Å²) in [4.78, 5) is 11.4. The molecule has 1 atom stereocenters. The standard InChI is InChI=1S/C10H20N2O/c1-8(4-6-11)10(13)12-7-5-9-2-3-9/h8-9H,2-7,11H2,1H3,(H,12,13). The minimum Gasteiger partial charge on any atom is -0.356 e. The summed E-state index contributed by atoms with van der Waals surface area (Å²) in [5.74, 6) is 1.13. The van der Waals surface area contributed by atoms with E-state index >= 15 is 0 Å². The molecule has 1 unspecified atom stereocenters. The first kappa shape index (κ1) is 10.5. The number of nitrogens with one attached hydrogen (secondary N) is 1. The maximum atomic E-state index is 11.4. The Bertz CT molecular complexity index is 166. The zero-order valence-corrected chi connectivity index (χ0v) is 8.38. The van der Waals surface area contributed by atoms with Crippen LogP contribution < -0.4 is 11.1 Å². The molecule has 1 amide bonds. The summed E-state index contributed by atoms with van der Waals surface area (Å²) in [6, 6.07) is 0. The van der Waals surface area contributed by atoms with E-state index in [4.69, 9.17) is 5.73 Å². The van der Waals surface area contributed by atoms with Gasteiger partial charge in [0.25, 0.3) is 0 Å². The predicted molar refractivity (Wildman–Crippen MR) is 53.2 cm³/mol. The Morgan fingerprint density at radius 1 is 1.62 bits per heavy atom. The van der Waals surface area contributed by atoms with Crippen LogP contribution in [0, 0.1) is 11.8 Å². The molecule has 1 aliphatic carbocycles. The first-order valence-electron chi connectivity index (χ1n) is 5.21. The number of hydrogen-bond donors (Lipinski definition) is 2. The van der Waals surface area contributed by atoms with E-state index < -0.39 is 0 Å². The summed E-state index contributed by atoms with van der Waals surface area (Å²) >= 11 is 0. The van der Waals surface area contributed by atoms with Crippen LogP contribution in [0.2, 0.25) is 0 Å². The third kappa shape index (κ3) is 4.27. The van der Waals surface area contributed by atoms with Crippen molar-refractivity contribution in [2.75, 3.05) is 13.1 Å². The number of carbonyl (C=O) groups excluding carboxylic acids is 1.